The average Bonchev–Trinajstić information content (AvgIpc) is 2.16. The molecule has 0 fully saturated rings. The molecular formula is C11H12BrClO3. The molecular weight excluding hydrogens is 295 g/mol. The molecule has 0 saturated heterocycles. The maximum absolute atomic E-state index is 11.2. The van der Waals surface area contributed by atoms with E-state index >= 15 is 0 Å². The van der Waals surface area contributed by atoms with Gasteiger partial charge in [-0.2, -0.15) is 0 Å². The summed E-state index contributed by atoms with van der Waals surface area (Å²) in [6.45, 7) is 2.03. The van der Waals surface area contributed by atoms with Crippen LogP contribution in [0.5, 0.6) is 0 Å². The number of hydrogen-bond acceptors (Lipinski definition) is 3. The molecule has 0 aromatic heterocycles. The highest BCUT2D eigenvalue weighted by Crippen LogP contribution is 2.25. The lowest BCUT2D eigenvalue weighted by molar-refractivity contribution is -0.145. The van der Waals surface area contributed by atoms with Gasteiger partial charge in [0.05, 0.1) is 19.1 Å². The number of carbonyl (C=O) groups excluding carboxylic acids is 1. The third-order valence-corrected chi connectivity index (χ3v) is 2.61. The molecule has 16 heavy (non-hydrogen) atoms. The second-order valence-corrected chi connectivity index (χ2v) is 4.58. The average molecular weight is 308 g/mol. The lowest BCUT2D eigenvalue weighted by Crippen LogP contribution is -2.10. The van der Waals surface area contributed by atoms with Gasteiger partial charge in [0.25, 0.3) is 0 Å². The molecule has 5 heteroatoms. The molecule has 1 atom stereocenters. The number of esters is 1. The molecule has 0 spiro atoms. The van der Waals surface area contributed by atoms with E-state index in [0.29, 0.717) is 17.2 Å². The van der Waals surface area contributed by atoms with Gasteiger partial charge in [-0.05, 0) is 30.7 Å². The number of hydrogen-bond donors (Lipinski definition) is 1. The van der Waals surface area contributed by atoms with Gasteiger partial charge >= 0.3 is 5.97 Å². The summed E-state index contributed by atoms with van der Waals surface area (Å²) in [5, 5.41) is 10.3. The van der Waals surface area contributed by atoms with Crippen LogP contribution >= 0.6 is 27.5 Å². The van der Waals surface area contributed by atoms with Crippen LogP contribution in [0.4, 0.5) is 0 Å². The molecule has 0 radical (unpaired) electrons. The van der Waals surface area contributed by atoms with Gasteiger partial charge in [-0.15, -0.1) is 0 Å². The van der Waals surface area contributed by atoms with E-state index in [9.17, 15) is 9.90 Å². The van der Waals surface area contributed by atoms with E-state index in [4.69, 9.17) is 16.3 Å². The zero-order valence-corrected chi connectivity index (χ0v) is 11.1. The highest BCUT2D eigenvalue weighted by molar-refractivity contribution is 9.10. The highest BCUT2D eigenvalue weighted by atomic mass is 79.9. The predicted octanol–water partition coefficient (Wildman–Crippen LogP) is 3.09. The number of ether oxygens (including phenoxy) is 1. The number of carbonyl (C=O) groups is 1. The fraction of sp³-hybridized carbons (Fsp3) is 0.364. The summed E-state index contributed by atoms with van der Waals surface area (Å²) >= 11 is 9.10. The predicted molar refractivity (Wildman–Crippen MR) is 65.4 cm³/mol. The van der Waals surface area contributed by atoms with Crippen molar-refractivity contribution in [2.75, 3.05) is 6.61 Å². The Kier molecular flexibility index (Phi) is 5.25. The first kappa shape index (κ1) is 13.5. The standard InChI is InChI=1S/C11H12BrClO3/c1-2-16-11(15)6-10(14)7-3-8(12)5-9(13)4-7/h3-5,10,14H,2,6H2,1H3. The van der Waals surface area contributed by atoms with Crippen molar-refractivity contribution in [1.29, 1.82) is 0 Å². The van der Waals surface area contributed by atoms with Crippen molar-refractivity contribution in [3.05, 3.63) is 33.3 Å². The van der Waals surface area contributed by atoms with Crippen molar-refractivity contribution in [2.24, 2.45) is 0 Å². The molecule has 1 unspecified atom stereocenters. The van der Waals surface area contributed by atoms with Crippen LogP contribution in [0.1, 0.15) is 25.0 Å². The molecule has 0 amide bonds. The summed E-state index contributed by atoms with van der Waals surface area (Å²) in [6.07, 6.45) is -0.963. The first-order chi connectivity index (χ1) is 7.52. The Labute approximate surface area is 107 Å². The molecule has 0 aliphatic rings. The minimum Gasteiger partial charge on any atom is -0.466 e. The van der Waals surface area contributed by atoms with E-state index in [1.165, 1.54) is 0 Å². The zero-order chi connectivity index (χ0) is 12.1. The van der Waals surface area contributed by atoms with Crippen molar-refractivity contribution < 1.29 is 14.6 Å². The van der Waals surface area contributed by atoms with E-state index in [2.05, 4.69) is 15.9 Å². The summed E-state index contributed by atoms with van der Waals surface area (Å²) < 4.78 is 5.51. The van der Waals surface area contributed by atoms with Crippen LogP contribution in [0, 0.1) is 0 Å². The van der Waals surface area contributed by atoms with Crippen molar-refractivity contribution >= 4 is 33.5 Å². The Morgan fingerprint density at radius 1 is 1.56 bits per heavy atom. The number of benzene rings is 1. The fourth-order valence-corrected chi connectivity index (χ4v) is 2.15. The number of halogens is 2. The maximum Gasteiger partial charge on any atom is 0.308 e. The lowest BCUT2D eigenvalue weighted by Gasteiger charge is -2.11. The molecule has 88 valence electrons. The Morgan fingerprint density at radius 3 is 2.81 bits per heavy atom. The summed E-state index contributed by atoms with van der Waals surface area (Å²) in [5.41, 5.74) is 0.590. The smallest absolute Gasteiger partial charge is 0.308 e. The van der Waals surface area contributed by atoms with Gasteiger partial charge in [-0.3, -0.25) is 4.79 Å². The maximum atomic E-state index is 11.2. The van der Waals surface area contributed by atoms with Crippen molar-refractivity contribution in [1.82, 2.24) is 0 Å². The van der Waals surface area contributed by atoms with Gasteiger partial charge in [0, 0.05) is 9.50 Å². The van der Waals surface area contributed by atoms with Crippen LogP contribution in [0.3, 0.4) is 0 Å². The monoisotopic (exact) mass is 306 g/mol. The van der Waals surface area contributed by atoms with Crippen LogP contribution in [0.2, 0.25) is 5.02 Å². The van der Waals surface area contributed by atoms with E-state index < -0.39 is 12.1 Å². The summed E-state index contributed by atoms with van der Waals surface area (Å²) in [6, 6.07) is 5.05. The van der Waals surface area contributed by atoms with Gasteiger partial charge in [-0.25, -0.2) is 0 Å². The Balaban J connectivity index is 2.72. The largest absolute Gasteiger partial charge is 0.466 e. The minimum absolute atomic E-state index is 0.0688. The van der Waals surface area contributed by atoms with Crippen LogP contribution in [0.15, 0.2) is 22.7 Å². The second kappa shape index (κ2) is 6.23. The SMILES string of the molecule is CCOC(=O)CC(O)c1cc(Cl)cc(Br)c1. The normalized spacial score (nSPS) is 12.2. The molecule has 0 aliphatic heterocycles. The zero-order valence-electron chi connectivity index (χ0n) is 8.74. The Morgan fingerprint density at radius 2 is 2.25 bits per heavy atom. The van der Waals surface area contributed by atoms with Gasteiger partial charge < -0.3 is 9.84 Å². The van der Waals surface area contributed by atoms with Crippen LogP contribution in [-0.4, -0.2) is 17.7 Å². The van der Waals surface area contributed by atoms with Crippen molar-refractivity contribution in [3.63, 3.8) is 0 Å². The third-order valence-electron chi connectivity index (χ3n) is 1.93. The molecule has 0 bridgehead atoms. The van der Waals surface area contributed by atoms with Crippen LogP contribution < -0.4 is 0 Å². The van der Waals surface area contributed by atoms with E-state index in [-0.39, 0.29) is 6.42 Å². The molecule has 1 N–H and O–H groups in total. The molecule has 1 aromatic rings. The Hall–Kier alpha value is -0.580. The first-order valence-corrected chi connectivity index (χ1v) is 5.99. The van der Waals surface area contributed by atoms with E-state index in [1.807, 2.05) is 0 Å². The lowest BCUT2D eigenvalue weighted by atomic mass is 10.1. The molecule has 1 aromatic carbocycles. The summed E-state index contributed by atoms with van der Waals surface area (Å²) in [7, 11) is 0. The summed E-state index contributed by atoms with van der Waals surface area (Å²) in [4.78, 5) is 11.2. The molecule has 0 saturated carbocycles. The molecule has 0 aliphatic carbocycles. The molecule has 0 heterocycles. The number of aliphatic hydroxyl groups excluding tert-OH is 1. The summed E-state index contributed by atoms with van der Waals surface area (Å²) in [5.74, 6) is -0.425. The topological polar surface area (TPSA) is 46.5 Å². The van der Waals surface area contributed by atoms with E-state index in [0.717, 1.165) is 4.47 Å². The van der Waals surface area contributed by atoms with Gasteiger partial charge in [0.1, 0.15) is 0 Å². The first-order valence-electron chi connectivity index (χ1n) is 4.82. The van der Waals surface area contributed by atoms with Crippen LogP contribution in [0.25, 0.3) is 0 Å². The third kappa shape index (κ3) is 4.12. The number of rotatable bonds is 4. The molecule has 1 rings (SSSR count). The fourth-order valence-electron chi connectivity index (χ4n) is 1.26. The number of aliphatic hydroxyl groups is 1. The molecule has 3 nitrogen and oxygen atoms in total. The van der Waals surface area contributed by atoms with Gasteiger partial charge in [0.15, 0.2) is 0 Å². The van der Waals surface area contributed by atoms with Crippen molar-refractivity contribution in [3.8, 4) is 0 Å². The van der Waals surface area contributed by atoms with E-state index in [1.54, 1.807) is 25.1 Å². The van der Waals surface area contributed by atoms with Crippen LogP contribution in [-0.2, 0) is 9.53 Å². The van der Waals surface area contributed by atoms with Gasteiger partial charge in [-0.1, -0.05) is 27.5 Å². The van der Waals surface area contributed by atoms with Crippen molar-refractivity contribution in [2.45, 2.75) is 19.4 Å². The second-order valence-electron chi connectivity index (χ2n) is 3.23. The highest BCUT2D eigenvalue weighted by Gasteiger charge is 2.14. The Bertz CT molecular complexity index is 361. The minimum atomic E-state index is -0.894. The van der Waals surface area contributed by atoms with Gasteiger partial charge in [0.2, 0.25) is 0 Å². The quantitative estimate of drug-likeness (QED) is 0.870.